The van der Waals surface area contributed by atoms with E-state index in [9.17, 15) is 9.18 Å². The zero-order valence-electron chi connectivity index (χ0n) is 16.5. The largest absolute Gasteiger partial charge is 0.367 e. The molecule has 4 rings (SSSR count). The van der Waals surface area contributed by atoms with Crippen molar-refractivity contribution < 1.29 is 9.18 Å². The van der Waals surface area contributed by atoms with E-state index in [-0.39, 0.29) is 5.91 Å². The molecule has 9 heteroatoms. The fraction of sp³-hybridized carbons (Fsp3) is 0.400. The summed E-state index contributed by atoms with van der Waals surface area (Å²) in [4.78, 5) is 25.2. The van der Waals surface area contributed by atoms with E-state index in [0.717, 1.165) is 32.5 Å². The number of hydrogen-bond donors (Lipinski definition) is 3. The molecule has 0 radical (unpaired) electrons. The fourth-order valence-corrected chi connectivity index (χ4v) is 3.65. The van der Waals surface area contributed by atoms with E-state index >= 15 is 0 Å². The highest BCUT2D eigenvalue weighted by Crippen LogP contribution is 2.26. The van der Waals surface area contributed by atoms with Crippen LogP contribution >= 0.6 is 0 Å². The van der Waals surface area contributed by atoms with Gasteiger partial charge in [0.05, 0.1) is 17.6 Å². The average Bonchev–Trinajstić information content (AvgIpc) is 3.09. The van der Waals surface area contributed by atoms with Gasteiger partial charge in [-0.25, -0.2) is 14.4 Å². The summed E-state index contributed by atoms with van der Waals surface area (Å²) in [6.07, 6.45) is 6.57. The second kappa shape index (κ2) is 8.12. The Morgan fingerprint density at radius 1 is 1.34 bits per heavy atom. The number of halogens is 1. The second-order valence-corrected chi connectivity index (χ2v) is 7.22. The Labute approximate surface area is 168 Å². The van der Waals surface area contributed by atoms with E-state index in [1.54, 1.807) is 23.7 Å². The first kappa shape index (κ1) is 19.3. The third kappa shape index (κ3) is 3.77. The van der Waals surface area contributed by atoms with Gasteiger partial charge in [0.1, 0.15) is 5.69 Å². The number of pyridine rings is 1. The van der Waals surface area contributed by atoms with Crippen molar-refractivity contribution in [1.29, 1.82) is 0 Å². The Morgan fingerprint density at radius 2 is 2.14 bits per heavy atom. The maximum atomic E-state index is 14.4. The molecule has 1 saturated heterocycles. The van der Waals surface area contributed by atoms with E-state index in [4.69, 9.17) is 0 Å². The maximum absolute atomic E-state index is 14.4. The molecule has 1 fully saturated rings. The first-order valence-corrected chi connectivity index (χ1v) is 9.74. The van der Waals surface area contributed by atoms with Crippen molar-refractivity contribution in [2.45, 2.75) is 19.8 Å². The van der Waals surface area contributed by atoms with Crippen LogP contribution in [0.4, 0.5) is 10.2 Å². The van der Waals surface area contributed by atoms with Crippen LogP contribution < -0.4 is 16.0 Å². The lowest BCUT2D eigenvalue weighted by atomic mass is 9.98. The summed E-state index contributed by atoms with van der Waals surface area (Å²) in [5.74, 6) is 0.337. The van der Waals surface area contributed by atoms with Crippen molar-refractivity contribution in [3.05, 3.63) is 41.9 Å². The lowest BCUT2D eigenvalue weighted by molar-refractivity contribution is 0.0958. The molecule has 1 amide bonds. The van der Waals surface area contributed by atoms with E-state index in [2.05, 4.69) is 30.9 Å². The number of amides is 1. The Bertz CT molecular complexity index is 1040. The molecule has 0 saturated carbocycles. The number of carbonyl (C=O) groups excluding carboxylic acids is 1. The van der Waals surface area contributed by atoms with Crippen LogP contribution in [-0.4, -0.2) is 51.9 Å². The minimum Gasteiger partial charge on any atom is -0.367 e. The molecule has 4 heterocycles. The van der Waals surface area contributed by atoms with Crippen LogP contribution in [0.2, 0.25) is 0 Å². The number of rotatable bonds is 5. The van der Waals surface area contributed by atoms with Gasteiger partial charge in [0, 0.05) is 31.5 Å². The third-order valence-corrected chi connectivity index (χ3v) is 5.35. The van der Waals surface area contributed by atoms with Crippen LogP contribution in [0.25, 0.3) is 16.9 Å². The molecule has 3 aromatic rings. The van der Waals surface area contributed by atoms with Gasteiger partial charge in [-0.15, -0.1) is 0 Å². The molecule has 0 bridgehead atoms. The monoisotopic (exact) mass is 397 g/mol. The predicted octanol–water partition coefficient (Wildman–Crippen LogP) is 2.01. The maximum Gasteiger partial charge on any atom is 0.271 e. The van der Waals surface area contributed by atoms with Gasteiger partial charge in [-0.1, -0.05) is 0 Å². The molecule has 0 spiro atoms. The topological polar surface area (TPSA) is 96.2 Å². The van der Waals surface area contributed by atoms with Crippen LogP contribution in [0.15, 0.2) is 24.7 Å². The summed E-state index contributed by atoms with van der Waals surface area (Å²) in [7, 11) is 1.57. The van der Waals surface area contributed by atoms with E-state index < -0.39 is 5.82 Å². The van der Waals surface area contributed by atoms with Gasteiger partial charge < -0.3 is 16.0 Å². The Kier molecular flexibility index (Phi) is 5.39. The van der Waals surface area contributed by atoms with Gasteiger partial charge in [-0.05, 0) is 44.8 Å². The molecule has 1 aliphatic heterocycles. The molecule has 1 aliphatic rings. The number of anilines is 1. The zero-order chi connectivity index (χ0) is 20.4. The van der Waals surface area contributed by atoms with Crippen molar-refractivity contribution >= 4 is 17.4 Å². The number of carbonyl (C=O) groups is 1. The van der Waals surface area contributed by atoms with E-state index in [1.807, 2.05) is 6.92 Å². The number of piperidine rings is 1. The van der Waals surface area contributed by atoms with Crippen LogP contribution in [0.3, 0.4) is 0 Å². The minimum atomic E-state index is -0.451. The van der Waals surface area contributed by atoms with Crippen LogP contribution in [0.1, 0.15) is 29.0 Å². The summed E-state index contributed by atoms with van der Waals surface area (Å²) in [5.41, 5.74) is 2.35. The molecule has 0 unspecified atom stereocenters. The number of hydrogen-bond acceptors (Lipinski definition) is 6. The number of nitrogens with one attached hydrogen (secondary N) is 3. The van der Waals surface area contributed by atoms with E-state index in [1.165, 1.54) is 12.4 Å². The summed E-state index contributed by atoms with van der Waals surface area (Å²) in [6, 6.07) is 1.59. The summed E-state index contributed by atoms with van der Waals surface area (Å²) in [5, 5.41) is 9.36. The number of imidazole rings is 1. The van der Waals surface area contributed by atoms with Gasteiger partial charge in [-0.3, -0.25) is 14.2 Å². The second-order valence-electron chi connectivity index (χ2n) is 7.22. The molecule has 0 atom stereocenters. The summed E-state index contributed by atoms with van der Waals surface area (Å²) >= 11 is 0. The first-order chi connectivity index (χ1) is 14.1. The summed E-state index contributed by atoms with van der Waals surface area (Å²) in [6.45, 7) is 4.56. The summed E-state index contributed by atoms with van der Waals surface area (Å²) < 4.78 is 16.1. The fourth-order valence-electron chi connectivity index (χ4n) is 3.65. The normalized spacial score (nSPS) is 14.9. The highest BCUT2D eigenvalue weighted by atomic mass is 19.1. The molecule has 0 aliphatic carbocycles. The van der Waals surface area contributed by atoms with Gasteiger partial charge in [0.15, 0.2) is 17.3 Å². The molecule has 3 aromatic heterocycles. The predicted molar refractivity (Wildman–Crippen MR) is 108 cm³/mol. The zero-order valence-corrected chi connectivity index (χ0v) is 16.5. The van der Waals surface area contributed by atoms with Crippen molar-refractivity contribution in [2.24, 2.45) is 5.92 Å². The van der Waals surface area contributed by atoms with Crippen LogP contribution in [0.5, 0.6) is 0 Å². The van der Waals surface area contributed by atoms with Gasteiger partial charge >= 0.3 is 0 Å². The van der Waals surface area contributed by atoms with E-state index in [0.29, 0.717) is 40.0 Å². The average molecular weight is 397 g/mol. The quantitative estimate of drug-likeness (QED) is 0.610. The molecule has 3 N–H and O–H groups in total. The lowest BCUT2D eigenvalue weighted by Crippen LogP contribution is -2.31. The SMILES string of the molecule is CNC(=O)c1nc2c(NCC3CCNCC3)nc(-c3ccncc3F)cn2c1C. The Morgan fingerprint density at radius 3 is 2.86 bits per heavy atom. The molecule has 152 valence electrons. The number of aryl methyl sites for hydroxylation is 1. The van der Waals surface area contributed by atoms with Crippen molar-refractivity contribution in [3.63, 3.8) is 0 Å². The highest BCUT2D eigenvalue weighted by molar-refractivity contribution is 5.94. The number of nitrogens with zero attached hydrogens (tertiary/aromatic N) is 4. The van der Waals surface area contributed by atoms with Crippen LogP contribution in [0, 0.1) is 18.7 Å². The van der Waals surface area contributed by atoms with Crippen LogP contribution in [-0.2, 0) is 0 Å². The standard InChI is InChI=1S/C20H24FN7O/c1-12-17(20(29)22-2)27-19-18(25-9-13-3-6-23-7-4-13)26-16(11-28(12)19)14-5-8-24-10-15(14)21/h5,8,10-11,13,23H,3-4,6-7,9H2,1-2H3,(H,22,29)(H,25,26). The molecule has 29 heavy (non-hydrogen) atoms. The molecular formula is C20H24FN7O. The Hall–Kier alpha value is -3.07. The Balaban J connectivity index is 1.79. The van der Waals surface area contributed by atoms with Crippen molar-refractivity contribution in [3.8, 4) is 11.3 Å². The first-order valence-electron chi connectivity index (χ1n) is 9.74. The smallest absolute Gasteiger partial charge is 0.271 e. The highest BCUT2D eigenvalue weighted by Gasteiger charge is 2.21. The van der Waals surface area contributed by atoms with Crippen molar-refractivity contribution in [1.82, 2.24) is 30.0 Å². The molecule has 8 nitrogen and oxygen atoms in total. The lowest BCUT2D eigenvalue weighted by Gasteiger charge is -2.23. The van der Waals surface area contributed by atoms with Gasteiger partial charge in [0.2, 0.25) is 0 Å². The van der Waals surface area contributed by atoms with Gasteiger partial charge in [0.25, 0.3) is 5.91 Å². The minimum absolute atomic E-state index is 0.271. The third-order valence-electron chi connectivity index (χ3n) is 5.35. The van der Waals surface area contributed by atoms with Gasteiger partial charge in [-0.2, -0.15) is 0 Å². The van der Waals surface area contributed by atoms with Crippen molar-refractivity contribution in [2.75, 3.05) is 32.0 Å². The number of fused-ring (bicyclic) bond motifs is 1. The molecular weight excluding hydrogens is 373 g/mol. The molecule has 0 aromatic carbocycles. The number of aromatic nitrogens is 4.